The molecule has 2 fully saturated rings. The molecule has 2 bridgehead atoms. The summed E-state index contributed by atoms with van der Waals surface area (Å²) in [5.74, 6) is 1.09. The van der Waals surface area contributed by atoms with Crippen molar-refractivity contribution in [3.63, 3.8) is 0 Å². The lowest BCUT2D eigenvalue weighted by Gasteiger charge is -2.46. The average Bonchev–Trinajstić information content (AvgIpc) is 2.85. The van der Waals surface area contributed by atoms with E-state index >= 15 is 0 Å². The third-order valence-corrected chi connectivity index (χ3v) is 5.49. The van der Waals surface area contributed by atoms with Crippen LogP contribution in [0.25, 0.3) is 11.1 Å². The van der Waals surface area contributed by atoms with Gasteiger partial charge in [0.15, 0.2) is 17.3 Å². The summed E-state index contributed by atoms with van der Waals surface area (Å²) >= 11 is 0. The Kier molecular flexibility index (Phi) is 3.30. The van der Waals surface area contributed by atoms with Gasteiger partial charge < -0.3 is 9.32 Å². The first-order valence-corrected chi connectivity index (χ1v) is 8.25. The summed E-state index contributed by atoms with van der Waals surface area (Å²) in [6, 6.07) is 6.83. The van der Waals surface area contributed by atoms with Crippen LogP contribution in [-0.4, -0.2) is 34.8 Å². The van der Waals surface area contributed by atoms with Crippen LogP contribution in [0.2, 0.25) is 0 Å². The Morgan fingerprint density at radius 1 is 1.27 bits per heavy atom. The van der Waals surface area contributed by atoms with Gasteiger partial charge in [0.1, 0.15) is 5.52 Å². The highest BCUT2D eigenvalue weighted by Crippen LogP contribution is 2.37. The predicted octanol–water partition coefficient (Wildman–Crippen LogP) is 3.58. The largest absolute Gasteiger partial charge is 0.441 e. The predicted molar refractivity (Wildman–Crippen MR) is 85.0 cm³/mol. The van der Waals surface area contributed by atoms with Gasteiger partial charge in [0, 0.05) is 30.5 Å². The molecule has 116 valence electrons. The minimum absolute atomic E-state index is 0.160. The summed E-state index contributed by atoms with van der Waals surface area (Å²) < 4.78 is 5.57. The third kappa shape index (κ3) is 2.26. The normalized spacial score (nSPS) is 28.9. The number of oxazole rings is 1. The van der Waals surface area contributed by atoms with Gasteiger partial charge in [-0.05, 0) is 50.9 Å². The SMILES string of the molecule is Cc1nc2ccc(C(=O)C3CC4CCCC(C3)N4C)cc2o1. The number of carbonyl (C=O) groups excluding carboxylic acids is 1. The van der Waals surface area contributed by atoms with E-state index in [-0.39, 0.29) is 11.7 Å². The summed E-state index contributed by atoms with van der Waals surface area (Å²) in [6.07, 6.45) is 5.77. The number of nitrogens with zero attached hydrogens (tertiary/aromatic N) is 2. The zero-order valence-electron chi connectivity index (χ0n) is 13.2. The number of benzene rings is 1. The first-order chi connectivity index (χ1) is 10.6. The van der Waals surface area contributed by atoms with Crippen LogP contribution >= 0.6 is 0 Å². The number of hydrogen-bond donors (Lipinski definition) is 0. The minimum Gasteiger partial charge on any atom is -0.441 e. The maximum absolute atomic E-state index is 12.9. The second-order valence-electron chi connectivity index (χ2n) is 6.85. The molecular formula is C18H22N2O2. The molecule has 3 heterocycles. The number of aromatic nitrogens is 1. The van der Waals surface area contributed by atoms with Crippen LogP contribution in [0.3, 0.4) is 0 Å². The molecule has 2 aromatic rings. The fourth-order valence-corrected chi connectivity index (χ4v) is 4.26. The monoisotopic (exact) mass is 298 g/mol. The first kappa shape index (κ1) is 13.9. The molecule has 2 atom stereocenters. The van der Waals surface area contributed by atoms with Crippen LogP contribution in [0.15, 0.2) is 22.6 Å². The molecule has 2 unspecified atom stereocenters. The van der Waals surface area contributed by atoms with Crippen LogP contribution in [0.4, 0.5) is 0 Å². The minimum atomic E-state index is 0.160. The lowest BCUT2D eigenvalue weighted by molar-refractivity contribution is 0.0338. The van der Waals surface area contributed by atoms with Crippen molar-refractivity contribution >= 4 is 16.9 Å². The molecule has 22 heavy (non-hydrogen) atoms. The van der Waals surface area contributed by atoms with Crippen molar-refractivity contribution in [1.82, 2.24) is 9.88 Å². The number of fused-ring (bicyclic) bond motifs is 3. The van der Waals surface area contributed by atoms with E-state index in [2.05, 4.69) is 16.9 Å². The Balaban J connectivity index is 1.60. The van der Waals surface area contributed by atoms with E-state index in [4.69, 9.17) is 4.42 Å². The van der Waals surface area contributed by atoms with E-state index in [1.54, 1.807) is 0 Å². The topological polar surface area (TPSA) is 46.3 Å². The number of hydrogen-bond acceptors (Lipinski definition) is 4. The molecule has 4 heteroatoms. The number of piperidine rings is 2. The van der Waals surface area contributed by atoms with Gasteiger partial charge in [-0.1, -0.05) is 6.42 Å². The molecule has 0 saturated carbocycles. The van der Waals surface area contributed by atoms with E-state index in [1.165, 1.54) is 19.3 Å². The summed E-state index contributed by atoms with van der Waals surface area (Å²) in [5.41, 5.74) is 2.32. The van der Waals surface area contributed by atoms with Crippen LogP contribution in [0.1, 0.15) is 48.4 Å². The maximum atomic E-state index is 12.9. The number of rotatable bonds is 2. The summed E-state index contributed by atoms with van der Waals surface area (Å²) in [5, 5.41) is 0. The molecular weight excluding hydrogens is 276 g/mol. The van der Waals surface area contributed by atoms with E-state index < -0.39 is 0 Å². The van der Waals surface area contributed by atoms with Gasteiger partial charge in [-0.25, -0.2) is 4.98 Å². The van der Waals surface area contributed by atoms with Gasteiger partial charge in [-0.2, -0.15) is 0 Å². The van der Waals surface area contributed by atoms with Gasteiger partial charge in [-0.3, -0.25) is 4.79 Å². The molecule has 1 aromatic heterocycles. The molecule has 0 aliphatic carbocycles. The van der Waals surface area contributed by atoms with Crippen LogP contribution in [0.5, 0.6) is 0 Å². The Morgan fingerprint density at radius 3 is 2.73 bits per heavy atom. The first-order valence-electron chi connectivity index (χ1n) is 8.25. The van der Waals surface area contributed by atoms with Crippen LogP contribution in [-0.2, 0) is 0 Å². The molecule has 1 aromatic carbocycles. The van der Waals surface area contributed by atoms with Gasteiger partial charge in [0.05, 0.1) is 0 Å². The van der Waals surface area contributed by atoms with Crippen molar-refractivity contribution < 1.29 is 9.21 Å². The van der Waals surface area contributed by atoms with Crippen molar-refractivity contribution in [1.29, 1.82) is 0 Å². The zero-order valence-corrected chi connectivity index (χ0v) is 13.2. The Bertz CT molecular complexity index is 707. The van der Waals surface area contributed by atoms with E-state index in [0.29, 0.717) is 18.0 Å². The molecule has 4 rings (SSSR count). The van der Waals surface area contributed by atoms with E-state index in [9.17, 15) is 4.79 Å². The van der Waals surface area contributed by atoms with Gasteiger partial charge >= 0.3 is 0 Å². The fourth-order valence-electron chi connectivity index (χ4n) is 4.26. The Morgan fingerprint density at radius 2 is 2.00 bits per heavy atom. The quantitative estimate of drug-likeness (QED) is 0.795. The molecule has 0 N–H and O–H groups in total. The second kappa shape index (κ2) is 5.20. The highest BCUT2D eigenvalue weighted by atomic mass is 16.3. The number of carbonyl (C=O) groups is 1. The fraction of sp³-hybridized carbons (Fsp3) is 0.556. The molecule has 0 radical (unpaired) electrons. The summed E-state index contributed by atoms with van der Waals surface area (Å²) in [6.45, 7) is 1.83. The van der Waals surface area contributed by atoms with Gasteiger partial charge in [0.25, 0.3) is 0 Å². The molecule has 4 nitrogen and oxygen atoms in total. The second-order valence-corrected chi connectivity index (χ2v) is 6.85. The Hall–Kier alpha value is -1.68. The van der Waals surface area contributed by atoms with Gasteiger partial charge in [-0.15, -0.1) is 0 Å². The third-order valence-electron chi connectivity index (χ3n) is 5.49. The average molecular weight is 298 g/mol. The van der Waals surface area contributed by atoms with Crippen molar-refractivity contribution in [3.8, 4) is 0 Å². The zero-order chi connectivity index (χ0) is 15.3. The lowest BCUT2D eigenvalue weighted by Crippen LogP contribution is -2.51. The van der Waals surface area contributed by atoms with Crippen molar-refractivity contribution in [3.05, 3.63) is 29.7 Å². The summed E-state index contributed by atoms with van der Waals surface area (Å²) in [4.78, 5) is 19.7. The Labute approximate surface area is 130 Å². The van der Waals surface area contributed by atoms with Crippen molar-refractivity contribution in [2.75, 3.05) is 7.05 Å². The van der Waals surface area contributed by atoms with Gasteiger partial charge in [0.2, 0.25) is 0 Å². The molecule has 2 aliphatic heterocycles. The number of aryl methyl sites for hydroxylation is 1. The number of Topliss-reactive ketones (excluding diaryl/α,β-unsaturated/α-hetero) is 1. The molecule has 0 spiro atoms. The highest BCUT2D eigenvalue weighted by molar-refractivity contribution is 6.00. The van der Waals surface area contributed by atoms with E-state index in [0.717, 1.165) is 29.5 Å². The van der Waals surface area contributed by atoms with Crippen LogP contribution < -0.4 is 0 Å². The van der Waals surface area contributed by atoms with E-state index in [1.807, 2.05) is 25.1 Å². The lowest BCUT2D eigenvalue weighted by atomic mass is 9.76. The number of ketones is 1. The smallest absolute Gasteiger partial charge is 0.192 e. The molecule has 2 saturated heterocycles. The highest BCUT2D eigenvalue weighted by Gasteiger charge is 2.38. The van der Waals surface area contributed by atoms with Crippen molar-refractivity contribution in [2.24, 2.45) is 5.92 Å². The van der Waals surface area contributed by atoms with Crippen LogP contribution in [0, 0.1) is 12.8 Å². The molecule has 2 aliphatic rings. The summed E-state index contributed by atoms with van der Waals surface area (Å²) in [7, 11) is 2.22. The molecule has 0 amide bonds. The standard InChI is InChI=1S/C18H22N2O2/c1-11-19-16-7-6-12(10-17(16)22-11)18(21)13-8-14-4-3-5-15(9-13)20(14)2/h6-7,10,13-15H,3-5,8-9H2,1-2H3. The van der Waals surface area contributed by atoms with Crippen molar-refractivity contribution in [2.45, 2.75) is 51.1 Å². The maximum Gasteiger partial charge on any atom is 0.192 e.